The molecule has 0 spiro atoms. The van der Waals surface area contributed by atoms with Gasteiger partial charge in [-0.3, -0.25) is 4.79 Å². The first-order chi connectivity index (χ1) is 5.83. The largest absolute Gasteiger partial charge is 0.300 e. The van der Waals surface area contributed by atoms with Crippen LogP contribution in [0.5, 0.6) is 0 Å². The number of hydrogen-bond donors (Lipinski definition) is 0. The highest BCUT2D eigenvalue weighted by atomic mass is 32.2. The molecule has 1 unspecified atom stereocenters. The lowest BCUT2D eigenvalue weighted by Gasteiger charge is -2.20. The van der Waals surface area contributed by atoms with Crippen molar-refractivity contribution in [2.24, 2.45) is 5.92 Å². The summed E-state index contributed by atoms with van der Waals surface area (Å²) in [7, 11) is 0. The van der Waals surface area contributed by atoms with Gasteiger partial charge in [-0.25, -0.2) is 0 Å². The molecule has 0 bridgehead atoms. The second-order valence-corrected chi connectivity index (χ2v) is 4.62. The molecule has 1 aliphatic rings. The van der Waals surface area contributed by atoms with Crippen LogP contribution < -0.4 is 0 Å². The fourth-order valence-electron chi connectivity index (χ4n) is 1.88. The Labute approximate surface area is 79.3 Å². The van der Waals surface area contributed by atoms with Crippen LogP contribution in [0, 0.1) is 5.92 Å². The van der Waals surface area contributed by atoms with Gasteiger partial charge in [0.1, 0.15) is 5.78 Å². The minimum atomic E-state index is 0.496. The fourth-order valence-corrected chi connectivity index (χ4v) is 2.33. The van der Waals surface area contributed by atoms with Crippen molar-refractivity contribution in [2.45, 2.75) is 38.5 Å². The summed E-state index contributed by atoms with van der Waals surface area (Å²) in [6.07, 6.45) is 8.86. The van der Waals surface area contributed by atoms with Crippen molar-refractivity contribution in [3.05, 3.63) is 0 Å². The number of carbonyl (C=O) groups is 1. The van der Waals surface area contributed by atoms with E-state index in [1.54, 1.807) is 0 Å². The molecule has 0 saturated heterocycles. The van der Waals surface area contributed by atoms with Gasteiger partial charge in [-0.15, -0.1) is 0 Å². The second-order valence-electron chi connectivity index (χ2n) is 3.64. The molecular formula is C10H18OS. The zero-order valence-electron chi connectivity index (χ0n) is 7.84. The van der Waals surface area contributed by atoms with Crippen LogP contribution in [0.2, 0.25) is 0 Å². The summed E-state index contributed by atoms with van der Waals surface area (Å²) in [6.45, 7) is 0. The van der Waals surface area contributed by atoms with E-state index in [4.69, 9.17) is 0 Å². The Kier molecular flexibility index (Phi) is 4.74. The van der Waals surface area contributed by atoms with Crippen LogP contribution in [0.1, 0.15) is 38.5 Å². The predicted molar refractivity (Wildman–Crippen MR) is 54.6 cm³/mol. The highest BCUT2D eigenvalue weighted by Gasteiger charge is 2.18. The van der Waals surface area contributed by atoms with Gasteiger partial charge in [0, 0.05) is 12.8 Å². The van der Waals surface area contributed by atoms with Crippen molar-refractivity contribution in [1.29, 1.82) is 0 Å². The van der Waals surface area contributed by atoms with Gasteiger partial charge >= 0.3 is 0 Å². The third-order valence-corrected chi connectivity index (χ3v) is 3.24. The molecule has 0 aromatic heterocycles. The van der Waals surface area contributed by atoms with Crippen LogP contribution in [-0.4, -0.2) is 17.8 Å². The summed E-state index contributed by atoms with van der Waals surface area (Å²) in [5.41, 5.74) is 0. The van der Waals surface area contributed by atoms with E-state index in [1.807, 2.05) is 11.8 Å². The van der Waals surface area contributed by atoms with Gasteiger partial charge in [-0.2, -0.15) is 11.8 Å². The summed E-state index contributed by atoms with van der Waals surface area (Å²) in [5.74, 6) is 2.47. The molecule has 0 aromatic carbocycles. The lowest BCUT2D eigenvalue weighted by Crippen LogP contribution is -2.14. The Morgan fingerprint density at radius 3 is 3.08 bits per heavy atom. The molecule has 0 radical (unpaired) electrons. The van der Waals surface area contributed by atoms with Crippen LogP contribution in [0.4, 0.5) is 0 Å². The highest BCUT2D eigenvalue weighted by Crippen LogP contribution is 2.25. The number of Topliss-reactive ketones (excluding diaryl/α,β-unsaturated/α-hetero) is 1. The number of thioether (sulfide) groups is 1. The van der Waals surface area contributed by atoms with Crippen molar-refractivity contribution in [2.75, 3.05) is 12.0 Å². The monoisotopic (exact) mass is 186 g/mol. The summed E-state index contributed by atoms with van der Waals surface area (Å²) >= 11 is 1.91. The number of hydrogen-bond acceptors (Lipinski definition) is 2. The third kappa shape index (κ3) is 3.61. The molecular weight excluding hydrogens is 168 g/mol. The molecule has 1 nitrogen and oxygen atoms in total. The Bertz CT molecular complexity index is 145. The maximum absolute atomic E-state index is 11.1. The second kappa shape index (κ2) is 5.63. The Hall–Kier alpha value is 0.0200. The number of rotatable bonds is 4. The average Bonchev–Trinajstić information content (AvgIpc) is 2.05. The predicted octanol–water partition coefficient (Wildman–Crippen LogP) is 2.89. The molecule has 1 fully saturated rings. The van der Waals surface area contributed by atoms with Crippen molar-refractivity contribution < 1.29 is 4.79 Å². The highest BCUT2D eigenvalue weighted by molar-refractivity contribution is 7.98. The van der Waals surface area contributed by atoms with Crippen LogP contribution >= 0.6 is 11.8 Å². The van der Waals surface area contributed by atoms with Crippen molar-refractivity contribution >= 4 is 17.5 Å². The molecule has 0 aliphatic heterocycles. The van der Waals surface area contributed by atoms with Gasteiger partial charge in [-0.1, -0.05) is 0 Å². The quantitative estimate of drug-likeness (QED) is 0.628. The SMILES string of the molecule is CSCCCC1CCCC(=O)C1. The smallest absolute Gasteiger partial charge is 0.133 e. The normalized spacial score (nSPS) is 24.4. The minimum Gasteiger partial charge on any atom is -0.300 e. The van der Waals surface area contributed by atoms with Crippen molar-refractivity contribution in [1.82, 2.24) is 0 Å². The number of carbonyl (C=O) groups excluding carboxylic acids is 1. The van der Waals surface area contributed by atoms with E-state index in [0.29, 0.717) is 5.78 Å². The maximum Gasteiger partial charge on any atom is 0.133 e. The topological polar surface area (TPSA) is 17.1 Å². The first-order valence-electron chi connectivity index (χ1n) is 4.83. The minimum absolute atomic E-state index is 0.496. The molecule has 0 amide bonds. The van der Waals surface area contributed by atoms with Gasteiger partial charge in [0.2, 0.25) is 0 Å². The van der Waals surface area contributed by atoms with Gasteiger partial charge in [0.15, 0.2) is 0 Å². The summed E-state index contributed by atoms with van der Waals surface area (Å²) < 4.78 is 0. The zero-order chi connectivity index (χ0) is 8.81. The van der Waals surface area contributed by atoms with E-state index >= 15 is 0 Å². The number of ketones is 1. The van der Waals surface area contributed by atoms with E-state index in [-0.39, 0.29) is 0 Å². The van der Waals surface area contributed by atoms with Crippen LogP contribution in [0.3, 0.4) is 0 Å². The molecule has 1 aliphatic carbocycles. The van der Waals surface area contributed by atoms with Crippen LogP contribution in [0.25, 0.3) is 0 Å². The average molecular weight is 186 g/mol. The lowest BCUT2D eigenvalue weighted by molar-refractivity contribution is -0.121. The van der Waals surface area contributed by atoms with Crippen LogP contribution in [-0.2, 0) is 4.79 Å². The molecule has 2 heteroatoms. The maximum atomic E-state index is 11.1. The summed E-state index contributed by atoms with van der Waals surface area (Å²) in [6, 6.07) is 0. The molecule has 1 atom stereocenters. The van der Waals surface area contributed by atoms with Gasteiger partial charge in [0.25, 0.3) is 0 Å². The lowest BCUT2D eigenvalue weighted by atomic mass is 9.85. The standard InChI is InChI=1S/C10H18OS/c1-12-7-3-5-9-4-2-6-10(11)8-9/h9H,2-8H2,1H3. The summed E-state index contributed by atoms with van der Waals surface area (Å²) in [4.78, 5) is 11.1. The Morgan fingerprint density at radius 1 is 1.58 bits per heavy atom. The molecule has 0 heterocycles. The fraction of sp³-hybridized carbons (Fsp3) is 0.900. The third-order valence-electron chi connectivity index (χ3n) is 2.55. The van der Waals surface area contributed by atoms with E-state index in [1.165, 1.54) is 25.0 Å². The van der Waals surface area contributed by atoms with Gasteiger partial charge < -0.3 is 0 Å². The zero-order valence-corrected chi connectivity index (χ0v) is 8.66. The molecule has 0 aromatic rings. The molecule has 1 rings (SSSR count). The molecule has 1 saturated carbocycles. The Morgan fingerprint density at radius 2 is 2.42 bits per heavy atom. The molecule has 0 N–H and O–H groups in total. The van der Waals surface area contributed by atoms with E-state index < -0.39 is 0 Å². The van der Waals surface area contributed by atoms with E-state index in [9.17, 15) is 4.79 Å². The van der Waals surface area contributed by atoms with Crippen LogP contribution in [0.15, 0.2) is 0 Å². The van der Waals surface area contributed by atoms with E-state index in [0.717, 1.165) is 25.2 Å². The van der Waals surface area contributed by atoms with Crippen molar-refractivity contribution in [3.8, 4) is 0 Å². The van der Waals surface area contributed by atoms with Crippen molar-refractivity contribution in [3.63, 3.8) is 0 Å². The van der Waals surface area contributed by atoms with E-state index in [2.05, 4.69) is 6.26 Å². The Balaban J connectivity index is 2.10. The van der Waals surface area contributed by atoms with Gasteiger partial charge in [0.05, 0.1) is 0 Å². The molecule has 12 heavy (non-hydrogen) atoms. The first kappa shape index (κ1) is 10.1. The summed E-state index contributed by atoms with van der Waals surface area (Å²) in [5, 5.41) is 0. The first-order valence-corrected chi connectivity index (χ1v) is 6.23. The van der Waals surface area contributed by atoms with Gasteiger partial charge in [-0.05, 0) is 43.6 Å². The molecule has 70 valence electrons.